The van der Waals surface area contributed by atoms with E-state index in [1.165, 1.54) is 37.8 Å². The predicted molar refractivity (Wildman–Crippen MR) is 85.3 cm³/mol. The van der Waals surface area contributed by atoms with Crippen LogP contribution >= 0.6 is 0 Å². The molecule has 0 bridgehead atoms. The van der Waals surface area contributed by atoms with E-state index in [4.69, 9.17) is 0 Å². The van der Waals surface area contributed by atoms with Gasteiger partial charge in [0.15, 0.2) is 0 Å². The van der Waals surface area contributed by atoms with Crippen molar-refractivity contribution in [3.63, 3.8) is 0 Å². The van der Waals surface area contributed by atoms with Crippen LogP contribution in [0.5, 0.6) is 0 Å². The molecule has 21 heavy (non-hydrogen) atoms. The molecule has 1 nitrogen and oxygen atoms in total. The number of hydrogen-bond acceptors (Lipinski definition) is 1. The molecule has 3 heteroatoms. The number of hydrogen-bond donors (Lipinski definition) is 0. The van der Waals surface area contributed by atoms with Gasteiger partial charge in [0.2, 0.25) is 0 Å². The summed E-state index contributed by atoms with van der Waals surface area (Å²) >= 11 is 0.230. The van der Waals surface area contributed by atoms with Gasteiger partial charge in [-0.15, -0.1) is 0 Å². The minimum absolute atomic E-state index is 0.193. The minimum atomic E-state index is -0.193. The number of benzene rings is 2. The molecule has 0 aliphatic heterocycles. The SMILES string of the molecule is Cc1ccc(C)c(Cc2ncc(-c3ccc(F)cc3)[se]2)c1. The summed E-state index contributed by atoms with van der Waals surface area (Å²) in [5, 5.41) is 0. The number of aryl methyl sites for hydroxylation is 2. The summed E-state index contributed by atoms with van der Waals surface area (Å²) < 4.78 is 15.4. The summed E-state index contributed by atoms with van der Waals surface area (Å²) in [4.78, 5) is 4.57. The molecule has 0 spiro atoms. The molecule has 0 atom stereocenters. The summed E-state index contributed by atoms with van der Waals surface area (Å²) in [6, 6.07) is 13.2. The maximum atomic E-state index is 13.0. The molecule has 0 unspecified atom stereocenters. The van der Waals surface area contributed by atoms with Crippen molar-refractivity contribution in [3.8, 4) is 10.0 Å². The molecule has 0 N–H and O–H groups in total. The van der Waals surface area contributed by atoms with Crippen LogP contribution in [0, 0.1) is 19.7 Å². The number of aromatic nitrogens is 1. The van der Waals surface area contributed by atoms with Gasteiger partial charge in [0.1, 0.15) is 0 Å². The monoisotopic (exact) mass is 345 g/mol. The Morgan fingerprint density at radius 1 is 1.05 bits per heavy atom. The molecule has 0 fully saturated rings. The fraction of sp³-hybridized carbons (Fsp3) is 0.167. The standard InChI is InChI=1S/C18H16FNSe/c1-12-3-4-13(2)15(9-12)10-18-20-11-17(21-18)14-5-7-16(19)8-6-14/h3-9,11H,10H2,1-2H3. The zero-order valence-corrected chi connectivity index (χ0v) is 13.8. The first-order chi connectivity index (χ1) is 10.1. The fourth-order valence-corrected chi connectivity index (χ4v) is 4.28. The van der Waals surface area contributed by atoms with Crippen LogP contribution in [-0.2, 0) is 6.42 Å². The van der Waals surface area contributed by atoms with Gasteiger partial charge in [0, 0.05) is 0 Å². The zero-order valence-electron chi connectivity index (χ0n) is 12.1. The molecule has 3 rings (SSSR count). The van der Waals surface area contributed by atoms with E-state index < -0.39 is 0 Å². The Kier molecular flexibility index (Phi) is 4.05. The van der Waals surface area contributed by atoms with Crippen LogP contribution in [0.2, 0.25) is 0 Å². The van der Waals surface area contributed by atoms with E-state index in [1.54, 1.807) is 0 Å². The van der Waals surface area contributed by atoms with E-state index in [0.717, 1.165) is 12.0 Å². The molecule has 2 aromatic carbocycles. The molecule has 106 valence electrons. The Hall–Kier alpha value is -1.70. The van der Waals surface area contributed by atoms with E-state index >= 15 is 0 Å². The number of rotatable bonds is 3. The second-order valence-electron chi connectivity index (χ2n) is 5.23. The van der Waals surface area contributed by atoms with Gasteiger partial charge >= 0.3 is 130 Å². The van der Waals surface area contributed by atoms with Gasteiger partial charge in [-0.3, -0.25) is 0 Å². The molecule has 1 heterocycles. The van der Waals surface area contributed by atoms with E-state index in [-0.39, 0.29) is 20.3 Å². The summed E-state index contributed by atoms with van der Waals surface area (Å²) in [7, 11) is 0. The van der Waals surface area contributed by atoms with Crippen molar-refractivity contribution >= 4 is 14.5 Å². The van der Waals surface area contributed by atoms with Crippen molar-refractivity contribution < 1.29 is 4.39 Å². The van der Waals surface area contributed by atoms with Crippen molar-refractivity contribution in [2.75, 3.05) is 0 Å². The Balaban J connectivity index is 1.85. The van der Waals surface area contributed by atoms with Crippen molar-refractivity contribution in [1.29, 1.82) is 0 Å². The van der Waals surface area contributed by atoms with Gasteiger partial charge in [-0.05, 0) is 0 Å². The third-order valence-electron chi connectivity index (χ3n) is 3.53. The van der Waals surface area contributed by atoms with Crippen LogP contribution in [0.4, 0.5) is 4.39 Å². The van der Waals surface area contributed by atoms with Crippen LogP contribution in [0.1, 0.15) is 21.3 Å². The Bertz CT molecular complexity index is 759. The third kappa shape index (κ3) is 3.31. The topological polar surface area (TPSA) is 12.9 Å². The number of nitrogens with zero attached hydrogens (tertiary/aromatic N) is 1. The second kappa shape index (κ2) is 5.97. The molecule has 0 radical (unpaired) electrons. The van der Waals surface area contributed by atoms with E-state index in [9.17, 15) is 4.39 Å². The number of halogens is 1. The van der Waals surface area contributed by atoms with E-state index in [2.05, 4.69) is 37.0 Å². The first-order valence-electron chi connectivity index (χ1n) is 6.88. The van der Waals surface area contributed by atoms with Gasteiger partial charge < -0.3 is 0 Å². The van der Waals surface area contributed by atoms with Crippen LogP contribution in [0.15, 0.2) is 48.7 Å². The molecule has 0 amide bonds. The Morgan fingerprint density at radius 3 is 2.57 bits per heavy atom. The molecule has 0 saturated carbocycles. The quantitative estimate of drug-likeness (QED) is 0.651. The Labute approximate surface area is 130 Å². The van der Waals surface area contributed by atoms with Crippen molar-refractivity contribution in [2.45, 2.75) is 20.3 Å². The van der Waals surface area contributed by atoms with Gasteiger partial charge in [-0.1, -0.05) is 0 Å². The van der Waals surface area contributed by atoms with E-state index in [0.29, 0.717) is 0 Å². The van der Waals surface area contributed by atoms with Crippen molar-refractivity contribution in [1.82, 2.24) is 4.98 Å². The normalized spacial score (nSPS) is 10.8. The first kappa shape index (κ1) is 14.2. The average Bonchev–Trinajstić information content (AvgIpc) is 2.92. The van der Waals surface area contributed by atoms with E-state index in [1.807, 2.05) is 18.3 Å². The average molecular weight is 344 g/mol. The summed E-state index contributed by atoms with van der Waals surface area (Å²) in [6.45, 7) is 4.26. The van der Waals surface area contributed by atoms with Crippen LogP contribution in [0.3, 0.4) is 0 Å². The molecule has 3 aromatic rings. The second-order valence-corrected chi connectivity index (χ2v) is 7.57. The van der Waals surface area contributed by atoms with Gasteiger partial charge in [-0.2, -0.15) is 0 Å². The molecule has 0 aliphatic rings. The summed E-state index contributed by atoms with van der Waals surface area (Å²) in [5.41, 5.74) is 5.03. The fourth-order valence-electron chi connectivity index (χ4n) is 2.29. The van der Waals surface area contributed by atoms with Gasteiger partial charge in [0.05, 0.1) is 0 Å². The molecule has 0 saturated heterocycles. The van der Waals surface area contributed by atoms with Crippen molar-refractivity contribution in [2.24, 2.45) is 0 Å². The van der Waals surface area contributed by atoms with Crippen LogP contribution < -0.4 is 0 Å². The van der Waals surface area contributed by atoms with Crippen molar-refractivity contribution in [3.05, 3.63) is 75.7 Å². The van der Waals surface area contributed by atoms with Crippen LogP contribution in [-0.4, -0.2) is 19.5 Å². The molecule has 1 aromatic heterocycles. The predicted octanol–water partition coefficient (Wildman–Crippen LogP) is 4.15. The van der Waals surface area contributed by atoms with Crippen LogP contribution in [0.25, 0.3) is 10.0 Å². The Morgan fingerprint density at radius 2 is 1.81 bits per heavy atom. The van der Waals surface area contributed by atoms with Gasteiger partial charge in [-0.25, -0.2) is 0 Å². The summed E-state index contributed by atoms with van der Waals surface area (Å²) in [6.07, 6.45) is 2.85. The zero-order chi connectivity index (χ0) is 14.8. The molecular weight excluding hydrogens is 328 g/mol. The molecule has 0 aliphatic carbocycles. The third-order valence-corrected chi connectivity index (χ3v) is 5.72. The summed E-state index contributed by atoms with van der Waals surface area (Å²) in [5.74, 6) is -0.193. The maximum absolute atomic E-state index is 13.0. The van der Waals surface area contributed by atoms with Gasteiger partial charge in [0.25, 0.3) is 0 Å². The molecular formula is C18H16FNSe. The first-order valence-corrected chi connectivity index (χ1v) is 8.60.